The van der Waals surface area contributed by atoms with E-state index < -0.39 is 0 Å². The van der Waals surface area contributed by atoms with E-state index >= 15 is 0 Å². The van der Waals surface area contributed by atoms with Crippen molar-refractivity contribution in [1.29, 1.82) is 5.26 Å². The van der Waals surface area contributed by atoms with Gasteiger partial charge in [0.25, 0.3) is 5.91 Å². The van der Waals surface area contributed by atoms with Crippen molar-refractivity contribution in [3.8, 4) is 23.3 Å². The number of aryl methyl sites for hydroxylation is 2. The van der Waals surface area contributed by atoms with Gasteiger partial charge in [0.15, 0.2) is 6.61 Å². The predicted octanol–water partition coefficient (Wildman–Crippen LogP) is 5.33. The average Bonchev–Trinajstić information content (AvgIpc) is 3.40. The molecule has 0 fully saturated rings. The summed E-state index contributed by atoms with van der Waals surface area (Å²) in [6, 6.07) is 14.3. The van der Waals surface area contributed by atoms with Gasteiger partial charge in [-0.1, -0.05) is 12.1 Å². The lowest BCUT2D eigenvalue weighted by Gasteiger charge is -2.09. The molecule has 1 N–H and O–H groups in total. The normalized spacial score (nSPS) is 12.2. The molecule has 2 heterocycles. The SMILES string of the molecule is Cc1cccc(Oc2coc3cc(OCC(=O)Nc4sc5c(c4C#N)CCC5)ccc3c2=O)c1. The van der Waals surface area contributed by atoms with Gasteiger partial charge in [-0.25, -0.2) is 0 Å². The molecule has 0 radical (unpaired) electrons. The van der Waals surface area contributed by atoms with Crippen molar-refractivity contribution in [1.82, 2.24) is 0 Å². The quantitative estimate of drug-likeness (QED) is 0.407. The molecule has 34 heavy (non-hydrogen) atoms. The molecule has 0 aliphatic heterocycles. The summed E-state index contributed by atoms with van der Waals surface area (Å²) in [6.45, 7) is 1.70. The largest absolute Gasteiger partial charge is 0.484 e. The van der Waals surface area contributed by atoms with Crippen molar-refractivity contribution in [2.75, 3.05) is 11.9 Å². The lowest BCUT2D eigenvalue weighted by Crippen LogP contribution is -2.20. The molecule has 0 unspecified atom stereocenters. The summed E-state index contributed by atoms with van der Waals surface area (Å²) in [6.07, 6.45) is 4.13. The van der Waals surface area contributed by atoms with E-state index in [-0.39, 0.29) is 23.7 Å². The van der Waals surface area contributed by atoms with Gasteiger partial charge in [-0.05, 0) is 61.6 Å². The minimum Gasteiger partial charge on any atom is -0.484 e. The lowest BCUT2D eigenvalue weighted by atomic mass is 10.1. The first-order chi connectivity index (χ1) is 16.5. The first kappa shape index (κ1) is 21.7. The Hall–Kier alpha value is -4.09. The molecule has 5 rings (SSSR count). The Morgan fingerprint density at radius 2 is 2.09 bits per heavy atom. The maximum atomic E-state index is 12.8. The number of anilines is 1. The molecule has 0 atom stereocenters. The van der Waals surface area contributed by atoms with Crippen LogP contribution < -0.4 is 20.2 Å². The van der Waals surface area contributed by atoms with E-state index in [0.29, 0.717) is 33.0 Å². The van der Waals surface area contributed by atoms with Crippen molar-refractivity contribution in [2.45, 2.75) is 26.2 Å². The van der Waals surface area contributed by atoms with Gasteiger partial charge in [0.1, 0.15) is 34.4 Å². The molecule has 0 saturated heterocycles. The van der Waals surface area contributed by atoms with Crippen molar-refractivity contribution < 1.29 is 18.7 Å². The third-order valence-corrected chi connectivity index (χ3v) is 6.79. The van der Waals surface area contributed by atoms with Crippen LogP contribution in [0.2, 0.25) is 0 Å². The van der Waals surface area contributed by atoms with Crippen LogP contribution in [0.1, 0.15) is 28.0 Å². The van der Waals surface area contributed by atoms with Crippen LogP contribution >= 0.6 is 11.3 Å². The summed E-state index contributed by atoms with van der Waals surface area (Å²) >= 11 is 1.46. The number of rotatable bonds is 6. The number of hydrogen-bond acceptors (Lipinski definition) is 7. The number of nitriles is 1. The molecule has 1 aliphatic carbocycles. The number of carbonyl (C=O) groups is 1. The number of thiophene rings is 1. The van der Waals surface area contributed by atoms with Gasteiger partial charge in [-0.15, -0.1) is 11.3 Å². The van der Waals surface area contributed by atoms with E-state index in [1.54, 1.807) is 24.3 Å². The standard InChI is InChI=1S/C26H20N2O5S/c1-15-4-2-5-17(10-15)33-22-13-32-21-11-16(8-9-19(21)25(22)30)31-14-24(29)28-26-20(12-27)18-6-3-7-23(18)34-26/h2,4-5,8-11,13H,3,6-7,14H2,1H3,(H,28,29). The van der Waals surface area contributed by atoms with Gasteiger partial charge >= 0.3 is 0 Å². The van der Waals surface area contributed by atoms with Crippen LogP contribution in [0.5, 0.6) is 17.2 Å². The van der Waals surface area contributed by atoms with E-state index in [4.69, 9.17) is 13.9 Å². The topological polar surface area (TPSA) is 102 Å². The summed E-state index contributed by atoms with van der Waals surface area (Å²) in [5, 5.41) is 13.2. The maximum absolute atomic E-state index is 12.8. The average molecular weight is 473 g/mol. The Labute approximate surface area is 199 Å². The molecule has 8 heteroatoms. The number of nitrogens with one attached hydrogen (secondary N) is 1. The second-order valence-corrected chi connectivity index (χ2v) is 9.12. The number of fused-ring (bicyclic) bond motifs is 2. The molecule has 0 bridgehead atoms. The van der Waals surface area contributed by atoms with Crippen LogP contribution in [-0.2, 0) is 17.6 Å². The fourth-order valence-electron chi connectivity index (χ4n) is 3.98. The van der Waals surface area contributed by atoms with E-state index in [1.807, 2.05) is 25.1 Å². The van der Waals surface area contributed by atoms with Crippen molar-refractivity contribution in [3.63, 3.8) is 0 Å². The Balaban J connectivity index is 1.27. The zero-order valence-electron chi connectivity index (χ0n) is 18.3. The summed E-state index contributed by atoms with van der Waals surface area (Å²) in [4.78, 5) is 26.4. The van der Waals surface area contributed by atoms with Gasteiger partial charge in [0, 0.05) is 10.9 Å². The second kappa shape index (κ2) is 9.04. The van der Waals surface area contributed by atoms with Crippen LogP contribution in [-0.4, -0.2) is 12.5 Å². The van der Waals surface area contributed by atoms with Gasteiger partial charge < -0.3 is 19.2 Å². The second-order valence-electron chi connectivity index (χ2n) is 8.02. The fourth-order valence-corrected chi connectivity index (χ4v) is 5.24. The molecule has 7 nitrogen and oxygen atoms in total. The van der Waals surface area contributed by atoms with E-state index in [2.05, 4.69) is 11.4 Å². The summed E-state index contributed by atoms with van der Waals surface area (Å²) in [7, 11) is 0. The first-order valence-electron chi connectivity index (χ1n) is 10.8. The number of benzene rings is 2. The van der Waals surface area contributed by atoms with Crippen molar-refractivity contribution >= 4 is 33.2 Å². The minimum absolute atomic E-state index is 0.0855. The van der Waals surface area contributed by atoms with Crippen molar-refractivity contribution in [3.05, 3.63) is 80.5 Å². The van der Waals surface area contributed by atoms with Crippen LogP contribution in [0.25, 0.3) is 11.0 Å². The number of hydrogen-bond donors (Lipinski definition) is 1. The Morgan fingerprint density at radius 3 is 2.91 bits per heavy atom. The van der Waals surface area contributed by atoms with Crippen LogP contribution in [0, 0.1) is 18.3 Å². The summed E-state index contributed by atoms with van der Waals surface area (Å²) in [5.41, 5.74) is 2.64. The zero-order chi connectivity index (χ0) is 23.7. The zero-order valence-corrected chi connectivity index (χ0v) is 19.2. The molecule has 2 aromatic heterocycles. The minimum atomic E-state index is -0.361. The van der Waals surface area contributed by atoms with E-state index in [9.17, 15) is 14.9 Å². The highest BCUT2D eigenvalue weighted by Gasteiger charge is 2.23. The van der Waals surface area contributed by atoms with Crippen LogP contribution in [0.4, 0.5) is 5.00 Å². The highest BCUT2D eigenvalue weighted by atomic mass is 32.1. The predicted molar refractivity (Wildman–Crippen MR) is 129 cm³/mol. The number of ether oxygens (including phenoxy) is 2. The lowest BCUT2D eigenvalue weighted by molar-refractivity contribution is -0.118. The van der Waals surface area contributed by atoms with Gasteiger partial charge in [-0.3, -0.25) is 9.59 Å². The fraction of sp³-hybridized carbons (Fsp3) is 0.192. The molecular weight excluding hydrogens is 452 g/mol. The molecule has 2 aromatic carbocycles. The summed E-state index contributed by atoms with van der Waals surface area (Å²) < 4.78 is 16.9. The number of carbonyl (C=O) groups excluding carboxylic acids is 1. The Morgan fingerprint density at radius 1 is 1.21 bits per heavy atom. The highest BCUT2D eigenvalue weighted by molar-refractivity contribution is 7.16. The molecule has 4 aromatic rings. The monoisotopic (exact) mass is 472 g/mol. The van der Waals surface area contributed by atoms with Crippen LogP contribution in [0.15, 0.2) is 57.9 Å². The maximum Gasteiger partial charge on any atom is 0.262 e. The van der Waals surface area contributed by atoms with Gasteiger partial charge in [0.05, 0.1) is 10.9 Å². The molecule has 170 valence electrons. The highest BCUT2D eigenvalue weighted by Crippen LogP contribution is 2.38. The number of amides is 1. The van der Waals surface area contributed by atoms with E-state index in [1.165, 1.54) is 22.5 Å². The third-order valence-electron chi connectivity index (χ3n) is 5.59. The van der Waals surface area contributed by atoms with Gasteiger partial charge in [0.2, 0.25) is 11.2 Å². The third kappa shape index (κ3) is 4.26. The number of nitrogens with zero attached hydrogens (tertiary/aromatic N) is 1. The van der Waals surface area contributed by atoms with Gasteiger partial charge in [-0.2, -0.15) is 5.26 Å². The summed E-state index contributed by atoms with van der Waals surface area (Å²) in [5.74, 6) is 0.655. The molecule has 0 spiro atoms. The molecule has 1 amide bonds. The Kier molecular flexibility index (Phi) is 5.78. The first-order valence-corrected chi connectivity index (χ1v) is 11.6. The van der Waals surface area contributed by atoms with Crippen molar-refractivity contribution in [2.24, 2.45) is 0 Å². The Bertz CT molecular complexity index is 1510. The molecule has 1 aliphatic rings. The smallest absolute Gasteiger partial charge is 0.262 e. The van der Waals surface area contributed by atoms with Crippen LogP contribution in [0.3, 0.4) is 0 Å². The molecular formula is C26H20N2O5S. The molecule has 0 saturated carbocycles. The van der Waals surface area contributed by atoms with E-state index in [0.717, 1.165) is 30.4 Å².